The lowest BCUT2D eigenvalue weighted by molar-refractivity contribution is 0.296. The molecular formula is C22H25NO4. The molecule has 2 aromatic carbocycles. The second-order valence-corrected chi connectivity index (χ2v) is 7.75. The van der Waals surface area contributed by atoms with Crippen LogP contribution in [-0.2, 0) is 12.0 Å². The lowest BCUT2D eigenvalue weighted by Crippen LogP contribution is -2.26. The van der Waals surface area contributed by atoms with Crippen molar-refractivity contribution in [3.8, 4) is 5.75 Å². The molecule has 0 unspecified atom stereocenters. The number of nitrogens with zero attached hydrogens (tertiary/aromatic N) is 1. The Kier molecular flexibility index (Phi) is 5.22. The largest absolute Gasteiger partial charge is 0.494 e. The van der Waals surface area contributed by atoms with E-state index in [4.69, 9.17) is 9.15 Å². The van der Waals surface area contributed by atoms with Crippen LogP contribution < -0.4 is 16.1 Å². The van der Waals surface area contributed by atoms with Crippen molar-refractivity contribution in [2.75, 3.05) is 6.61 Å². The lowest BCUT2D eigenvalue weighted by atomic mass is 9.87. The highest BCUT2D eigenvalue weighted by Gasteiger charge is 2.13. The molecule has 0 fully saturated rings. The smallest absolute Gasteiger partial charge is 0.422 e. The first-order chi connectivity index (χ1) is 12.8. The van der Waals surface area contributed by atoms with Crippen molar-refractivity contribution in [3.63, 3.8) is 0 Å². The van der Waals surface area contributed by atoms with Crippen molar-refractivity contribution in [2.24, 2.45) is 0 Å². The normalized spacial score (nSPS) is 11.7. The molecule has 0 spiro atoms. The summed E-state index contributed by atoms with van der Waals surface area (Å²) in [7, 11) is 0. The van der Waals surface area contributed by atoms with Crippen LogP contribution in [0.25, 0.3) is 10.9 Å². The van der Waals surface area contributed by atoms with Crippen LogP contribution in [0.15, 0.2) is 56.5 Å². The van der Waals surface area contributed by atoms with E-state index >= 15 is 0 Å². The van der Waals surface area contributed by atoms with Gasteiger partial charge in [0.25, 0.3) is 0 Å². The molecule has 0 atom stereocenters. The first-order valence-electron chi connectivity index (χ1n) is 9.14. The van der Waals surface area contributed by atoms with E-state index in [1.165, 1.54) is 10.1 Å². The highest BCUT2D eigenvalue weighted by Crippen LogP contribution is 2.24. The number of rotatable bonds is 5. The van der Waals surface area contributed by atoms with Gasteiger partial charge in [0.2, 0.25) is 0 Å². The Bertz CT molecular complexity index is 1050. The van der Waals surface area contributed by atoms with Crippen LogP contribution in [0.1, 0.15) is 38.3 Å². The van der Waals surface area contributed by atoms with E-state index in [9.17, 15) is 9.59 Å². The van der Waals surface area contributed by atoms with Crippen LogP contribution in [-0.4, -0.2) is 11.2 Å². The van der Waals surface area contributed by atoms with Gasteiger partial charge in [-0.15, -0.1) is 0 Å². The summed E-state index contributed by atoms with van der Waals surface area (Å²) < 4.78 is 12.2. The fraction of sp³-hybridized carbons (Fsp3) is 0.364. The Morgan fingerprint density at radius 2 is 1.74 bits per heavy atom. The number of para-hydroxylation sites is 1. The van der Waals surface area contributed by atoms with Gasteiger partial charge < -0.3 is 9.15 Å². The molecule has 0 aliphatic rings. The molecule has 0 bridgehead atoms. The summed E-state index contributed by atoms with van der Waals surface area (Å²) in [5, 5.41) is 0.424. The summed E-state index contributed by atoms with van der Waals surface area (Å²) in [6.45, 7) is 9.28. The van der Waals surface area contributed by atoms with E-state index in [0.29, 0.717) is 30.5 Å². The third-order valence-electron chi connectivity index (χ3n) is 4.64. The van der Waals surface area contributed by atoms with Crippen molar-refractivity contribution in [1.29, 1.82) is 0 Å². The van der Waals surface area contributed by atoms with Crippen molar-refractivity contribution >= 4 is 10.9 Å². The predicted octanol–water partition coefficient (Wildman–Crippen LogP) is 4.03. The number of hydrogen-bond acceptors (Lipinski definition) is 4. The Labute approximate surface area is 158 Å². The molecule has 0 radical (unpaired) electrons. The monoisotopic (exact) mass is 367 g/mol. The number of aryl methyl sites for hydroxylation is 2. The van der Waals surface area contributed by atoms with Crippen LogP contribution in [0.4, 0.5) is 0 Å². The maximum atomic E-state index is 12.2. The maximum Gasteiger partial charge on any atom is 0.422 e. The first kappa shape index (κ1) is 19.0. The molecule has 1 aromatic heterocycles. The van der Waals surface area contributed by atoms with Gasteiger partial charge in [0.15, 0.2) is 0 Å². The molecule has 0 amide bonds. The van der Waals surface area contributed by atoms with Gasteiger partial charge in [-0.3, -0.25) is 4.57 Å². The zero-order valence-corrected chi connectivity index (χ0v) is 16.2. The van der Waals surface area contributed by atoms with Gasteiger partial charge in [0.1, 0.15) is 5.75 Å². The number of hydrogen-bond donors (Lipinski definition) is 0. The summed E-state index contributed by atoms with van der Waals surface area (Å²) in [5.74, 6) is 0.173. The van der Waals surface area contributed by atoms with Crippen molar-refractivity contribution in [1.82, 2.24) is 4.57 Å². The molecule has 0 saturated heterocycles. The lowest BCUT2D eigenvalue weighted by Gasteiger charge is -2.19. The zero-order chi connectivity index (χ0) is 19.6. The van der Waals surface area contributed by atoms with Gasteiger partial charge in [0.05, 0.1) is 17.5 Å². The average Bonchev–Trinajstić information content (AvgIpc) is 2.61. The second kappa shape index (κ2) is 7.43. The quantitative estimate of drug-likeness (QED) is 0.639. The van der Waals surface area contributed by atoms with E-state index in [0.717, 1.165) is 11.3 Å². The number of benzene rings is 2. The number of aromatic nitrogens is 1. The molecule has 0 aliphatic carbocycles. The second-order valence-electron chi connectivity index (χ2n) is 7.75. The zero-order valence-electron chi connectivity index (χ0n) is 16.2. The van der Waals surface area contributed by atoms with Crippen LogP contribution in [0.3, 0.4) is 0 Å². The average molecular weight is 367 g/mol. The molecule has 142 valence electrons. The summed E-state index contributed by atoms with van der Waals surface area (Å²) in [5.41, 5.74) is 2.27. The molecule has 27 heavy (non-hydrogen) atoms. The van der Waals surface area contributed by atoms with Gasteiger partial charge in [-0.1, -0.05) is 45.0 Å². The fourth-order valence-corrected chi connectivity index (χ4v) is 3.13. The molecule has 1 heterocycles. The molecule has 5 heteroatoms. The topological polar surface area (TPSA) is 61.4 Å². The van der Waals surface area contributed by atoms with Gasteiger partial charge in [-0.2, -0.15) is 0 Å². The van der Waals surface area contributed by atoms with Crippen LogP contribution in [0.2, 0.25) is 0 Å². The highest BCUT2D eigenvalue weighted by molar-refractivity contribution is 5.80. The summed E-state index contributed by atoms with van der Waals surface area (Å²) in [4.78, 5) is 24.1. The van der Waals surface area contributed by atoms with Gasteiger partial charge >= 0.3 is 11.4 Å². The summed E-state index contributed by atoms with van der Waals surface area (Å²) in [6.07, 6.45) is 0.623. The Balaban J connectivity index is 1.70. The molecule has 3 aromatic rings. The molecule has 5 nitrogen and oxygen atoms in total. The molecule has 0 N–H and O–H groups in total. The van der Waals surface area contributed by atoms with Crippen molar-refractivity contribution < 1.29 is 9.15 Å². The van der Waals surface area contributed by atoms with E-state index in [1.54, 1.807) is 12.1 Å². The first-order valence-corrected chi connectivity index (χ1v) is 9.14. The van der Waals surface area contributed by atoms with Gasteiger partial charge in [-0.05, 0) is 48.1 Å². The minimum Gasteiger partial charge on any atom is -0.494 e. The van der Waals surface area contributed by atoms with Gasteiger partial charge in [-0.25, -0.2) is 9.59 Å². The SMILES string of the molecule is Cc1cccc2c(=O)oc(=O)n(CCCOc3ccc(C(C)(C)C)cc3)c12. The van der Waals surface area contributed by atoms with Crippen LogP contribution in [0, 0.1) is 6.92 Å². The van der Waals surface area contributed by atoms with E-state index in [1.807, 2.05) is 25.1 Å². The Morgan fingerprint density at radius 1 is 1.04 bits per heavy atom. The van der Waals surface area contributed by atoms with Crippen LogP contribution >= 0.6 is 0 Å². The molecular weight excluding hydrogens is 342 g/mol. The molecule has 3 rings (SSSR count). The number of ether oxygens (including phenoxy) is 1. The minimum atomic E-state index is -0.628. The summed E-state index contributed by atoms with van der Waals surface area (Å²) in [6, 6.07) is 13.4. The van der Waals surface area contributed by atoms with Crippen molar-refractivity contribution in [2.45, 2.75) is 46.1 Å². The minimum absolute atomic E-state index is 0.107. The van der Waals surface area contributed by atoms with E-state index in [-0.39, 0.29) is 5.41 Å². The Morgan fingerprint density at radius 3 is 2.41 bits per heavy atom. The standard InChI is InChI=1S/C22H25NO4/c1-15-7-5-8-18-19(15)23(21(25)27-20(18)24)13-6-14-26-17-11-9-16(10-12-17)22(2,3)4/h5,7-12H,6,13-14H2,1-4H3. The van der Waals surface area contributed by atoms with Crippen LogP contribution in [0.5, 0.6) is 5.75 Å². The fourth-order valence-electron chi connectivity index (χ4n) is 3.13. The molecule has 0 saturated carbocycles. The molecule has 0 aliphatic heterocycles. The van der Waals surface area contributed by atoms with Gasteiger partial charge in [0, 0.05) is 6.54 Å². The summed E-state index contributed by atoms with van der Waals surface area (Å²) >= 11 is 0. The van der Waals surface area contributed by atoms with E-state index < -0.39 is 11.4 Å². The third kappa shape index (κ3) is 4.13. The van der Waals surface area contributed by atoms with E-state index in [2.05, 4.69) is 32.9 Å². The maximum absolute atomic E-state index is 12.2. The predicted molar refractivity (Wildman–Crippen MR) is 107 cm³/mol. The number of fused-ring (bicyclic) bond motifs is 1. The third-order valence-corrected chi connectivity index (χ3v) is 4.64. The Hall–Kier alpha value is -2.82. The highest BCUT2D eigenvalue weighted by atomic mass is 16.5. The van der Waals surface area contributed by atoms with Crippen molar-refractivity contribution in [3.05, 3.63) is 74.6 Å².